The topological polar surface area (TPSA) is 286 Å². The number of halogens is 22. The molecule has 4 aliphatic rings. The quantitative estimate of drug-likeness (QED) is 0.0491. The van der Waals surface area contributed by atoms with Crippen LogP contribution in [-0.4, -0.2) is 60.1 Å². The third-order valence-corrected chi connectivity index (χ3v) is 16.0. The van der Waals surface area contributed by atoms with E-state index in [-0.39, 0.29) is 11.1 Å². The van der Waals surface area contributed by atoms with Crippen LogP contribution >= 0.6 is 0 Å². The van der Waals surface area contributed by atoms with Crippen LogP contribution in [0.25, 0.3) is 21.5 Å². The highest BCUT2D eigenvalue weighted by Crippen LogP contribution is 2.61. The lowest BCUT2D eigenvalue weighted by atomic mass is 9.64. The molecule has 0 N–H and O–H groups in total. The summed E-state index contributed by atoms with van der Waals surface area (Å²) in [6.45, 7) is 5.99. The lowest BCUT2D eigenvalue weighted by molar-refractivity contribution is -0.289. The zero-order valence-electron chi connectivity index (χ0n) is 49.0. The van der Waals surface area contributed by atoms with E-state index in [0.717, 1.165) is 41.5 Å². The van der Waals surface area contributed by atoms with E-state index in [1.807, 2.05) is 0 Å². The molecule has 6 aromatic carbocycles. The predicted molar refractivity (Wildman–Crippen MR) is 276 cm³/mol. The fourth-order valence-corrected chi connectivity index (χ4v) is 11.8. The van der Waals surface area contributed by atoms with Gasteiger partial charge in [-0.2, -0.15) is 79.0 Å². The number of benzene rings is 6. The van der Waals surface area contributed by atoms with Gasteiger partial charge in [0.05, 0.1) is 54.9 Å². The second-order valence-electron chi connectivity index (χ2n) is 21.2. The Balaban J connectivity index is 0.000000168. The highest BCUT2D eigenvalue weighted by atomic mass is 19.4. The minimum Gasteiger partial charge on any atom is -0.445 e. The van der Waals surface area contributed by atoms with Crippen LogP contribution in [0.4, 0.5) is 96.6 Å². The molecular weight excluding hydrogens is 1450 g/mol. The summed E-state index contributed by atoms with van der Waals surface area (Å²) in [4.78, 5) is 141. The maximum absolute atomic E-state index is 15.2. The van der Waals surface area contributed by atoms with Crippen molar-refractivity contribution in [2.24, 2.45) is 0 Å². The van der Waals surface area contributed by atoms with Gasteiger partial charge in [0.1, 0.15) is 22.3 Å². The average Bonchev–Trinajstić information content (AvgIpc) is 1.67. The Hall–Kier alpha value is -11.8. The van der Waals surface area contributed by atoms with Crippen molar-refractivity contribution in [3.63, 3.8) is 0 Å². The Morgan fingerprint density at radius 3 is 0.673 bits per heavy atom. The molecule has 0 radical (unpaired) electrons. The molecule has 0 aliphatic carbocycles. The molecule has 0 saturated carbocycles. The van der Waals surface area contributed by atoms with Crippen molar-refractivity contribution in [3.05, 3.63) is 200 Å². The fraction of sp³-hybridized carbons (Fsp3) is 0.186. The van der Waals surface area contributed by atoms with Crippen molar-refractivity contribution in [2.75, 3.05) is 0 Å². The zero-order chi connectivity index (χ0) is 75.9. The molecule has 0 bridgehead atoms. The molecule has 101 heavy (non-hydrogen) atoms. The maximum atomic E-state index is 15.2. The molecule has 0 atom stereocenters. The highest BCUT2D eigenvalue weighted by Gasteiger charge is 2.75. The van der Waals surface area contributed by atoms with E-state index in [1.54, 1.807) is 0 Å². The first-order valence-corrected chi connectivity index (χ1v) is 26.4. The number of carbonyl (C=O) groups excluding carboxylic acids is 8. The van der Waals surface area contributed by atoms with Crippen LogP contribution in [0.3, 0.4) is 0 Å². The number of esters is 8. The lowest BCUT2D eigenvalue weighted by Gasteiger charge is -2.42. The number of alkyl halides is 12. The van der Waals surface area contributed by atoms with Crippen molar-refractivity contribution in [3.8, 4) is 23.0 Å². The first kappa shape index (κ1) is 72.0. The number of ether oxygens (including phenoxy) is 6. The maximum Gasteiger partial charge on any atom is 0.418 e. The number of hydrogen-bond acceptors (Lipinski definition) is 20. The first-order valence-electron chi connectivity index (χ1n) is 26.4. The molecule has 20 nitrogen and oxygen atoms in total. The number of cyclic esters (lactones) is 8. The summed E-state index contributed by atoms with van der Waals surface area (Å²) in [7, 11) is 0. The molecule has 12 rings (SSSR count). The van der Waals surface area contributed by atoms with Gasteiger partial charge in [-0.25, -0.2) is 75.1 Å². The summed E-state index contributed by atoms with van der Waals surface area (Å²) in [5.41, 5.74) is -31.4. The van der Waals surface area contributed by atoms with E-state index in [4.69, 9.17) is 0 Å². The third-order valence-electron chi connectivity index (χ3n) is 16.0. The van der Waals surface area contributed by atoms with Gasteiger partial charge in [-0.1, -0.05) is 0 Å². The van der Waals surface area contributed by atoms with Crippen molar-refractivity contribution < 1.29 is 172 Å². The molecule has 0 fully saturated rings. The van der Waals surface area contributed by atoms with Gasteiger partial charge in [0.15, 0.2) is 23.3 Å². The number of fused-ring (bicyclic) bond motifs is 6. The van der Waals surface area contributed by atoms with Gasteiger partial charge < -0.3 is 37.3 Å². The molecule has 0 saturated heterocycles. The van der Waals surface area contributed by atoms with Crippen molar-refractivity contribution in [2.45, 2.75) is 71.7 Å². The lowest BCUT2D eigenvalue weighted by Crippen LogP contribution is -2.56. The minimum absolute atomic E-state index is 0.285. The Morgan fingerprint density at radius 2 is 0.446 bits per heavy atom. The largest absolute Gasteiger partial charge is 0.445 e. The van der Waals surface area contributed by atoms with Gasteiger partial charge in [0.25, 0.3) is 0 Å². The predicted octanol–water partition coefficient (Wildman–Crippen LogP) is 12.4. The van der Waals surface area contributed by atoms with Crippen LogP contribution in [0.5, 0.6) is 23.0 Å². The number of rotatable bonds is 6. The van der Waals surface area contributed by atoms with Gasteiger partial charge >= 0.3 is 95.0 Å². The standard InChI is InChI=1S/C25H18F6O6.C22F10O8.C12F6O6/c1-7-9(3)17(11(5)15-13(7)19(32)36-21(15)34)23(24(26,27)28,25(29,30)31)18-10(4)8(2)14-16(12(18)6)22(35)37-20(14)33;23-5-1-3(21(35)39-19(1)33)7(25)15(9(5)27)37-17-11(29)13(31)18(14(32)12(17)30)38-16-8(26)4-2(6(24)10(16)28)20(34)40-22(4)36;13-11(14,15)5-1-2(8(20)23-7(1)19)6(12(16,17)18)4-3(5)9(21)24-10(4)22/h1-6H3;;. The summed E-state index contributed by atoms with van der Waals surface area (Å²) < 4.78 is 348. The van der Waals surface area contributed by atoms with Gasteiger partial charge in [0, 0.05) is 0 Å². The molecular formula is C59H18F22O20. The summed E-state index contributed by atoms with van der Waals surface area (Å²) in [6.07, 6.45) is -23.2. The molecule has 0 spiro atoms. The number of furan rings is 2. The third kappa shape index (κ3) is 10.1. The smallest absolute Gasteiger partial charge is 0.418 e. The van der Waals surface area contributed by atoms with Crippen LogP contribution in [0.15, 0.2) is 28.0 Å². The van der Waals surface area contributed by atoms with Gasteiger partial charge in [-0.05, 0) is 86.1 Å². The Kier molecular flexibility index (Phi) is 16.5. The van der Waals surface area contributed by atoms with Crippen LogP contribution in [0.1, 0.15) is 138 Å². The molecule has 42 heteroatoms. The SMILES string of the molecule is Cc1c(C)c(C(c2c(C)c(C)c3c(c2C)C(=O)OC3=O)(C(F)(F)F)C(F)(F)F)c(C)c2c1C(=O)OC2=O.O=C1OC(=O)c2c(F)c(Oc3c(F)c(F)c(Oc4c(F)c(F)c5c(c4F)C(=O)OC5=O)c(F)c3F)c(F)c(F)c21.O=c1oc(=O)c2c(C(F)(F)F)c3c(=O)oc(=O)c3c(C(F)(F)F)c12. The van der Waals surface area contributed by atoms with Crippen molar-refractivity contribution >= 4 is 69.3 Å². The van der Waals surface area contributed by atoms with E-state index in [9.17, 15) is 128 Å². The zero-order valence-corrected chi connectivity index (χ0v) is 49.0. The Labute approximate surface area is 535 Å². The number of carbonyl (C=O) groups is 8. The summed E-state index contributed by atoms with van der Waals surface area (Å²) >= 11 is 0. The monoisotopic (exact) mass is 1460 g/mol. The first-order chi connectivity index (χ1) is 46.4. The molecule has 0 amide bonds. The fourth-order valence-electron chi connectivity index (χ4n) is 11.8. The molecule has 528 valence electrons. The minimum atomic E-state index is -6.07. The van der Waals surface area contributed by atoms with Gasteiger partial charge in [-0.3, -0.25) is 0 Å². The van der Waals surface area contributed by atoms with Gasteiger partial charge in [-0.15, -0.1) is 0 Å². The Bertz CT molecular complexity index is 5090. The van der Waals surface area contributed by atoms with E-state index in [0.29, 0.717) is 0 Å². The molecule has 8 aromatic rings. The second kappa shape index (κ2) is 23.2. The molecule has 4 aliphatic heterocycles. The molecule has 0 unspecified atom stereocenters. The van der Waals surface area contributed by atoms with E-state index < -0.39 is 292 Å². The average molecular weight is 1460 g/mol. The van der Waals surface area contributed by atoms with Crippen LogP contribution in [0.2, 0.25) is 0 Å². The molecule has 2 aromatic heterocycles. The van der Waals surface area contributed by atoms with E-state index >= 15 is 26.3 Å². The normalized spacial score (nSPS) is 14.4. The Morgan fingerprint density at radius 1 is 0.248 bits per heavy atom. The van der Waals surface area contributed by atoms with E-state index in [2.05, 4.69) is 37.3 Å². The highest BCUT2D eigenvalue weighted by molar-refractivity contribution is 6.19. The summed E-state index contributed by atoms with van der Waals surface area (Å²) in [5, 5.41) is -7.09. The van der Waals surface area contributed by atoms with Crippen LogP contribution < -0.4 is 32.0 Å². The van der Waals surface area contributed by atoms with Gasteiger partial charge in [0.2, 0.25) is 63.3 Å². The summed E-state index contributed by atoms with van der Waals surface area (Å²) in [5.74, 6) is -46.9. The molecule has 6 heterocycles. The van der Waals surface area contributed by atoms with Crippen molar-refractivity contribution in [1.29, 1.82) is 0 Å². The summed E-state index contributed by atoms with van der Waals surface area (Å²) in [6, 6.07) is 0. The van der Waals surface area contributed by atoms with Crippen molar-refractivity contribution in [1.82, 2.24) is 0 Å². The van der Waals surface area contributed by atoms with E-state index in [1.165, 1.54) is 0 Å². The van der Waals surface area contributed by atoms with Crippen LogP contribution in [-0.2, 0) is 36.7 Å². The number of hydrogen-bond donors (Lipinski definition) is 0. The second-order valence-corrected chi connectivity index (χ2v) is 21.2. The van der Waals surface area contributed by atoms with Crippen LogP contribution in [0, 0.1) is 99.7 Å².